The van der Waals surface area contributed by atoms with Crippen molar-refractivity contribution in [2.24, 2.45) is 0 Å². The number of aromatic nitrogens is 4. The number of fused-ring (bicyclic) bond motifs is 1. The molecule has 3 rings (SSSR count). The summed E-state index contributed by atoms with van der Waals surface area (Å²) in [5, 5.41) is 7.07. The van der Waals surface area contributed by atoms with Crippen LogP contribution < -0.4 is 11.1 Å². The van der Waals surface area contributed by atoms with Crippen LogP contribution in [0.25, 0.3) is 10.9 Å². The van der Waals surface area contributed by atoms with Crippen molar-refractivity contribution in [3.63, 3.8) is 0 Å². The molecule has 6 nitrogen and oxygen atoms in total. The molecule has 0 saturated heterocycles. The zero-order chi connectivity index (χ0) is 17.5. The van der Waals surface area contributed by atoms with E-state index in [0.717, 1.165) is 4.68 Å². The summed E-state index contributed by atoms with van der Waals surface area (Å²) in [4.78, 5) is 24.2. The molecule has 0 N–H and O–H groups in total. The van der Waals surface area contributed by atoms with E-state index in [-0.39, 0.29) is 5.39 Å². The highest BCUT2D eigenvalue weighted by Crippen LogP contribution is 2.29. The maximum atomic E-state index is 12.8. The predicted octanol–water partition coefficient (Wildman–Crippen LogP) is 2.13. The maximum absolute atomic E-state index is 12.8. The summed E-state index contributed by atoms with van der Waals surface area (Å²) >= 11 is 5.57. The van der Waals surface area contributed by atoms with Crippen LogP contribution in [0.4, 0.5) is 13.2 Å². The number of rotatable bonds is 2. The summed E-state index contributed by atoms with van der Waals surface area (Å²) in [6.45, 7) is -0.543. The molecule has 1 aromatic carbocycles. The Kier molecular flexibility index (Phi) is 3.88. The molecule has 0 radical (unpaired) electrons. The number of hydrogen-bond donors (Lipinski definition) is 0. The van der Waals surface area contributed by atoms with E-state index in [9.17, 15) is 22.8 Å². The van der Waals surface area contributed by atoms with Gasteiger partial charge in [0.2, 0.25) is 0 Å². The number of halogens is 4. The molecule has 0 bridgehead atoms. The molecule has 3 aromatic rings. The van der Waals surface area contributed by atoms with E-state index < -0.39 is 34.5 Å². The first kappa shape index (κ1) is 16.2. The largest absolute Gasteiger partial charge is 0.417 e. The van der Waals surface area contributed by atoms with Gasteiger partial charge in [-0.1, -0.05) is 28.9 Å². The molecule has 2 aromatic heterocycles. The topological polar surface area (TPSA) is 69.8 Å². The van der Waals surface area contributed by atoms with Crippen molar-refractivity contribution in [2.75, 3.05) is 0 Å². The lowest BCUT2D eigenvalue weighted by Gasteiger charge is -2.12. The highest BCUT2D eigenvalue weighted by atomic mass is 35.5. The molecule has 0 aliphatic carbocycles. The van der Waals surface area contributed by atoms with Crippen LogP contribution in [0.2, 0.25) is 5.02 Å². The molecule has 2 heterocycles. The van der Waals surface area contributed by atoms with Gasteiger partial charge in [0.1, 0.15) is 17.2 Å². The summed E-state index contributed by atoms with van der Waals surface area (Å²) in [6.07, 6.45) is -4.10. The zero-order valence-corrected chi connectivity index (χ0v) is 12.5. The van der Waals surface area contributed by atoms with Crippen molar-refractivity contribution >= 4 is 22.5 Å². The minimum Gasteiger partial charge on any atom is -0.293 e. The van der Waals surface area contributed by atoms with E-state index in [1.807, 2.05) is 0 Å². The number of benzene rings is 1. The normalized spacial score (nSPS) is 11.8. The highest BCUT2D eigenvalue weighted by Gasteiger charge is 2.32. The van der Waals surface area contributed by atoms with Gasteiger partial charge in [0.15, 0.2) is 0 Å². The molecule has 10 heteroatoms. The molecule has 0 aliphatic rings. The zero-order valence-electron chi connectivity index (χ0n) is 11.8. The van der Waals surface area contributed by atoms with Crippen molar-refractivity contribution in [1.82, 2.24) is 19.6 Å². The van der Waals surface area contributed by atoms with Gasteiger partial charge in [-0.25, -0.2) is 0 Å². The summed E-state index contributed by atoms with van der Waals surface area (Å²) in [5.74, 6) is 0. The Hall–Kier alpha value is -2.68. The number of hydrogen-bond acceptors (Lipinski definition) is 4. The van der Waals surface area contributed by atoms with Crippen LogP contribution in [-0.2, 0) is 12.8 Å². The van der Waals surface area contributed by atoms with Gasteiger partial charge in [0.05, 0.1) is 10.9 Å². The van der Waals surface area contributed by atoms with Crippen LogP contribution >= 0.6 is 11.6 Å². The molecule has 0 fully saturated rings. The van der Waals surface area contributed by atoms with Gasteiger partial charge in [0, 0.05) is 6.20 Å². The smallest absolute Gasteiger partial charge is 0.293 e. The van der Waals surface area contributed by atoms with Crippen LogP contribution in [0.3, 0.4) is 0 Å². The molecule has 0 spiro atoms. The molecule has 0 atom stereocenters. The van der Waals surface area contributed by atoms with E-state index >= 15 is 0 Å². The maximum Gasteiger partial charge on any atom is 0.417 e. The Morgan fingerprint density at radius 2 is 1.83 bits per heavy atom. The fourth-order valence-electron chi connectivity index (χ4n) is 2.12. The van der Waals surface area contributed by atoms with Crippen molar-refractivity contribution in [3.8, 4) is 0 Å². The van der Waals surface area contributed by atoms with Gasteiger partial charge in [0.25, 0.3) is 11.1 Å². The average molecular weight is 357 g/mol. The molecule has 0 saturated carbocycles. The van der Waals surface area contributed by atoms with E-state index in [0.29, 0.717) is 22.3 Å². The molecular formula is C14H8ClF3N4O2. The van der Waals surface area contributed by atoms with Crippen molar-refractivity contribution in [2.45, 2.75) is 12.8 Å². The van der Waals surface area contributed by atoms with Crippen molar-refractivity contribution in [1.29, 1.82) is 0 Å². The standard InChI is InChI=1S/C14H8ClF3N4O2/c15-10-5-8(14(16,17)18)6-21(13(10)24)7-22-12(23)9-3-1-2-4-11(9)19-20-22/h1-6H,7H2. The number of pyridine rings is 1. The lowest BCUT2D eigenvalue weighted by molar-refractivity contribution is -0.138. The number of alkyl halides is 3. The Bertz CT molecular complexity index is 1040. The lowest BCUT2D eigenvalue weighted by atomic mass is 10.2. The van der Waals surface area contributed by atoms with Crippen LogP contribution in [0.1, 0.15) is 5.56 Å². The van der Waals surface area contributed by atoms with E-state index in [1.165, 1.54) is 6.07 Å². The lowest BCUT2D eigenvalue weighted by Crippen LogP contribution is -2.32. The van der Waals surface area contributed by atoms with E-state index in [1.54, 1.807) is 18.2 Å². The van der Waals surface area contributed by atoms with E-state index in [2.05, 4.69) is 10.3 Å². The fraction of sp³-hybridized carbons (Fsp3) is 0.143. The molecule has 0 unspecified atom stereocenters. The average Bonchev–Trinajstić information content (AvgIpc) is 2.53. The van der Waals surface area contributed by atoms with Crippen LogP contribution in [0.5, 0.6) is 0 Å². The Balaban J connectivity index is 2.12. The third-order valence-electron chi connectivity index (χ3n) is 3.29. The Labute approximate surface area is 136 Å². The quantitative estimate of drug-likeness (QED) is 0.705. The van der Waals surface area contributed by atoms with Gasteiger partial charge < -0.3 is 0 Å². The number of nitrogens with zero attached hydrogens (tertiary/aromatic N) is 4. The van der Waals surface area contributed by atoms with Gasteiger partial charge in [-0.15, -0.1) is 5.10 Å². The predicted molar refractivity (Wildman–Crippen MR) is 79.9 cm³/mol. The van der Waals surface area contributed by atoms with Crippen LogP contribution in [0, 0.1) is 0 Å². The monoisotopic (exact) mass is 356 g/mol. The SMILES string of the molecule is O=c1c(Cl)cc(C(F)(F)F)cn1Cn1nnc2ccccc2c1=O. The summed E-state index contributed by atoms with van der Waals surface area (Å²) in [5.41, 5.74) is -2.21. The second-order valence-electron chi connectivity index (χ2n) is 4.90. The second kappa shape index (κ2) is 5.75. The third kappa shape index (κ3) is 2.90. The van der Waals surface area contributed by atoms with E-state index in [4.69, 9.17) is 11.6 Å². The highest BCUT2D eigenvalue weighted by molar-refractivity contribution is 6.30. The molecular weight excluding hydrogens is 349 g/mol. The third-order valence-corrected chi connectivity index (χ3v) is 3.56. The van der Waals surface area contributed by atoms with Crippen molar-refractivity contribution in [3.05, 3.63) is 67.8 Å². The summed E-state index contributed by atoms with van der Waals surface area (Å²) in [6, 6.07) is 6.89. The van der Waals surface area contributed by atoms with Crippen LogP contribution in [-0.4, -0.2) is 19.6 Å². The first-order chi connectivity index (χ1) is 11.3. The first-order valence-corrected chi connectivity index (χ1v) is 6.95. The minimum atomic E-state index is -4.68. The molecule has 0 amide bonds. The second-order valence-corrected chi connectivity index (χ2v) is 5.31. The fourth-order valence-corrected chi connectivity index (χ4v) is 2.35. The van der Waals surface area contributed by atoms with Gasteiger partial charge >= 0.3 is 6.18 Å². The van der Waals surface area contributed by atoms with Crippen LogP contribution in [0.15, 0.2) is 46.1 Å². The summed E-state index contributed by atoms with van der Waals surface area (Å²) < 4.78 is 40.0. The molecule has 0 aliphatic heterocycles. The Morgan fingerprint density at radius 1 is 1.12 bits per heavy atom. The van der Waals surface area contributed by atoms with Gasteiger partial charge in [-0.05, 0) is 18.2 Å². The first-order valence-electron chi connectivity index (χ1n) is 6.57. The van der Waals surface area contributed by atoms with Gasteiger partial charge in [-0.3, -0.25) is 14.2 Å². The van der Waals surface area contributed by atoms with Crippen molar-refractivity contribution < 1.29 is 13.2 Å². The molecule has 24 heavy (non-hydrogen) atoms. The molecule has 124 valence electrons. The minimum absolute atomic E-state index is 0.235. The Morgan fingerprint density at radius 3 is 2.54 bits per heavy atom. The van der Waals surface area contributed by atoms with Gasteiger partial charge in [-0.2, -0.15) is 17.9 Å². The summed E-state index contributed by atoms with van der Waals surface area (Å²) in [7, 11) is 0.